The number of aromatic nitrogens is 2. The van der Waals surface area contributed by atoms with Crippen molar-refractivity contribution in [3.63, 3.8) is 0 Å². The van der Waals surface area contributed by atoms with Crippen molar-refractivity contribution in [3.05, 3.63) is 63.9 Å². The molecule has 0 unspecified atom stereocenters. The maximum absolute atomic E-state index is 13.9. The molecule has 1 aliphatic rings. The summed E-state index contributed by atoms with van der Waals surface area (Å²) in [6.07, 6.45) is 2.15. The first-order valence-electron chi connectivity index (χ1n) is 12.1. The van der Waals surface area contributed by atoms with E-state index in [2.05, 4.69) is 37.5 Å². The number of hydrogen-bond donors (Lipinski definition) is 0. The Morgan fingerprint density at radius 1 is 1.03 bits per heavy atom. The maximum atomic E-state index is 13.9. The lowest BCUT2D eigenvalue weighted by atomic mass is 10.1. The van der Waals surface area contributed by atoms with E-state index in [1.165, 1.54) is 11.1 Å². The van der Waals surface area contributed by atoms with Crippen molar-refractivity contribution < 1.29 is 9.59 Å². The molecule has 1 fully saturated rings. The highest BCUT2D eigenvalue weighted by atomic mass is 35.5. The first-order valence-corrected chi connectivity index (χ1v) is 12.4. The molecule has 1 atom stereocenters. The van der Waals surface area contributed by atoms with Crippen LogP contribution < -0.4 is 0 Å². The Hall–Kier alpha value is -2.86. The fraction of sp³-hybridized carbons (Fsp3) is 0.444. The highest BCUT2D eigenvalue weighted by Crippen LogP contribution is 2.30. The van der Waals surface area contributed by atoms with E-state index in [4.69, 9.17) is 16.6 Å². The van der Waals surface area contributed by atoms with E-state index in [0.717, 1.165) is 35.3 Å². The molecule has 2 aromatic carbocycles. The molecule has 1 aromatic heterocycles. The summed E-state index contributed by atoms with van der Waals surface area (Å²) in [5.41, 5.74) is 5.24. The van der Waals surface area contributed by atoms with Crippen LogP contribution in [0, 0.1) is 13.8 Å². The number of piperazine rings is 1. The molecular formula is C27H33ClN4O2. The third kappa shape index (κ3) is 4.83. The Labute approximate surface area is 206 Å². The van der Waals surface area contributed by atoms with Gasteiger partial charge >= 0.3 is 0 Å². The van der Waals surface area contributed by atoms with E-state index >= 15 is 0 Å². The van der Waals surface area contributed by atoms with Gasteiger partial charge in [0, 0.05) is 44.5 Å². The topological polar surface area (TPSA) is 58.4 Å². The molecule has 1 saturated heterocycles. The van der Waals surface area contributed by atoms with E-state index in [-0.39, 0.29) is 17.9 Å². The van der Waals surface area contributed by atoms with E-state index < -0.39 is 0 Å². The van der Waals surface area contributed by atoms with Crippen LogP contribution in [0.5, 0.6) is 0 Å². The highest BCUT2D eigenvalue weighted by Gasteiger charge is 2.31. The summed E-state index contributed by atoms with van der Waals surface area (Å²) in [6, 6.07) is 11.7. The Balaban J connectivity index is 1.77. The smallest absolute Gasteiger partial charge is 0.245 e. The fourth-order valence-electron chi connectivity index (χ4n) is 4.77. The zero-order valence-corrected chi connectivity index (χ0v) is 21.2. The van der Waals surface area contributed by atoms with Crippen molar-refractivity contribution >= 4 is 34.4 Å². The standard InChI is InChI=1S/C27H33ClN4O2/c1-5-8-24(27(34)31-13-11-30(12-14-31)20(4)33)32-25-16-19(3)18(2)15-23(25)29-26(32)17-21-9-6-7-10-22(21)28/h6-7,9-10,15-16,24H,5,8,11-14,17H2,1-4H3/t24-/m0/s1. The second-order valence-electron chi connectivity index (χ2n) is 9.23. The van der Waals surface area contributed by atoms with Gasteiger partial charge in [-0.15, -0.1) is 0 Å². The minimum absolute atomic E-state index is 0.0608. The number of aryl methyl sites for hydroxylation is 2. The zero-order valence-electron chi connectivity index (χ0n) is 20.5. The van der Waals surface area contributed by atoms with Gasteiger partial charge in [-0.25, -0.2) is 4.98 Å². The lowest BCUT2D eigenvalue weighted by Crippen LogP contribution is -2.51. The van der Waals surface area contributed by atoms with Crippen molar-refractivity contribution in [3.8, 4) is 0 Å². The number of carbonyl (C=O) groups excluding carboxylic acids is 2. The molecule has 6 nitrogen and oxygen atoms in total. The quantitative estimate of drug-likeness (QED) is 0.502. The van der Waals surface area contributed by atoms with Gasteiger partial charge in [0.2, 0.25) is 11.8 Å². The molecule has 2 amide bonds. The predicted molar refractivity (Wildman–Crippen MR) is 136 cm³/mol. The van der Waals surface area contributed by atoms with Crippen molar-refractivity contribution in [1.29, 1.82) is 0 Å². The van der Waals surface area contributed by atoms with E-state index in [1.54, 1.807) is 11.8 Å². The summed E-state index contributed by atoms with van der Waals surface area (Å²) in [4.78, 5) is 34.3. The van der Waals surface area contributed by atoms with Crippen molar-refractivity contribution in [2.75, 3.05) is 26.2 Å². The summed E-state index contributed by atoms with van der Waals surface area (Å²) in [5.74, 6) is 1.01. The summed E-state index contributed by atoms with van der Waals surface area (Å²) in [6.45, 7) is 10.1. The van der Waals surface area contributed by atoms with Gasteiger partial charge in [-0.1, -0.05) is 43.1 Å². The van der Waals surface area contributed by atoms with Crippen LogP contribution >= 0.6 is 11.6 Å². The van der Waals surface area contributed by atoms with Gasteiger partial charge in [0.25, 0.3) is 0 Å². The van der Waals surface area contributed by atoms with Gasteiger partial charge in [-0.2, -0.15) is 0 Å². The number of carbonyl (C=O) groups is 2. The molecule has 0 bridgehead atoms. The molecule has 34 heavy (non-hydrogen) atoms. The highest BCUT2D eigenvalue weighted by molar-refractivity contribution is 6.31. The molecule has 7 heteroatoms. The van der Waals surface area contributed by atoms with E-state index in [1.807, 2.05) is 29.2 Å². The molecule has 0 spiro atoms. The van der Waals surface area contributed by atoms with Crippen LogP contribution in [0.25, 0.3) is 11.0 Å². The van der Waals surface area contributed by atoms with Gasteiger partial charge < -0.3 is 14.4 Å². The largest absolute Gasteiger partial charge is 0.339 e. The molecule has 0 saturated carbocycles. The van der Waals surface area contributed by atoms with Crippen LogP contribution in [0.1, 0.15) is 55.2 Å². The normalized spacial score (nSPS) is 15.1. The zero-order chi connectivity index (χ0) is 24.4. The summed E-state index contributed by atoms with van der Waals surface area (Å²) >= 11 is 6.50. The Morgan fingerprint density at radius 2 is 1.68 bits per heavy atom. The Kier molecular flexibility index (Phi) is 7.27. The van der Waals surface area contributed by atoms with E-state index in [0.29, 0.717) is 37.6 Å². The summed E-state index contributed by atoms with van der Waals surface area (Å²) in [5, 5.41) is 0.701. The second kappa shape index (κ2) is 10.2. The summed E-state index contributed by atoms with van der Waals surface area (Å²) < 4.78 is 2.15. The van der Waals surface area contributed by atoms with Gasteiger partial charge in [0.1, 0.15) is 11.9 Å². The maximum Gasteiger partial charge on any atom is 0.245 e. The Morgan fingerprint density at radius 3 is 2.32 bits per heavy atom. The molecule has 0 radical (unpaired) electrons. The lowest BCUT2D eigenvalue weighted by molar-refractivity contribution is -0.140. The third-order valence-corrected chi connectivity index (χ3v) is 7.25. The number of amides is 2. The van der Waals surface area contributed by atoms with Crippen LogP contribution in [0.3, 0.4) is 0 Å². The van der Waals surface area contributed by atoms with Crippen LogP contribution in [-0.2, 0) is 16.0 Å². The van der Waals surface area contributed by atoms with Crippen molar-refractivity contribution in [2.24, 2.45) is 0 Å². The number of rotatable bonds is 6. The number of nitrogens with zero attached hydrogens (tertiary/aromatic N) is 4. The van der Waals surface area contributed by atoms with E-state index in [9.17, 15) is 9.59 Å². The van der Waals surface area contributed by atoms with Crippen molar-refractivity contribution in [1.82, 2.24) is 19.4 Å². The minimum atomic E-state index is -0.349. The SMILES string of the molecule is CCC[C@@H](C(=O)N1CCN(C(C)=O)CC1)n1c(Cc2ccccc2Cl)nc2cc(C)c(C)cc21. The number of imidazole rings is 1. The van der Waals surface area contributed by atoms with Gasteiger partial charge in [-0.3, -0.25) is 9.59 Å². The molecule has 3 aromatic rings. The second-order valence-corrected chi connectivity index (χ2v) is 9.63. The summed E-state index contributed by atoms with van der Waals surface area (Å²) in [7, 11) is 0. The number of hydrogen-bond acceptors (Lipinski definition) is 3. The number of halogens is 1. The molecule has 0 N–H and O–H groups in total. The minimum Gasteiger partial charge on any atom is -0.339 e. The van der Waals surface area contributed by atoms with Crippen LogP contribution in [-0.4, -0.2) is 57.3 Å². The molecule has 1 aliphatic heterocycles. The third-order valence-electron chi connectivity index (χ3n) is 6.88. The average molecular weight is 481 g/mol. The monoisotopic (exact) mass is 480 g/mol. The first-order chi connectivity index (χ1) is 16.3. The molecule has 2 heterocycles. The van der Waals surface area contributed by atoms with Crippen LogP contribution in [0.2, 0.25) is 5.02 Å². The number of benzene rings is 2. The lowest BCUT2D eigenvalue weighted by Gasteiger charge is -2.36. The van der Waals surface area contributed by atoms with Crippen LogP contribution in [0.15, 0.2) is 36.4 Å². The fourth-order valence-corrected chi connectivity index (χ4v) is 4.98. The molecular weight excluding hydrogens is 448 g/mol. The first kappa shape index (κ1) is 24.3. The van der Waals surface area contributed by atoms with Crippen LogP contribution in [0.4, 0.5) is 0 Å². The van der Waals surface area contributed by atoms with Gasteiger partial charge in [0.15, 0.2) is 0 Å². The Bertz CT molecular complexity index is 1210. The van der Waals surface area contributed by atoms with Crippen molar-refractivity contribution in [2.45, 2.75) is 53.0 Å². The average Bonchev–Trinajstić information content (AvgIpc) is 3.15. The molecule has 4 rings (SSSR count). The predicted octanol–water partition coefficient (Wildman–Crippen LogP) is 4.93. The molecule has 180 valence electrons. The number of fused-ring (bicyclic) bond motifs is 1. The molecule has 0 aliphatic carbocycles. The van der Waals surface area contributed by atoms with Gasteiger partial charge in [0.05, 0.1) is 11.0 Å². The van der Waals surface area contributed by atoms with Gasteiger partial charge in [-0.05, 0) is 55.2 Å².